The van der Waals surface area contributed by atoms with Crippen molar-refractivity contribution >= 4 is 17.9 Å². The number of benzene rings is 1. The molecule has 0 atom stereocenters. The Kier molecular flexibility index (Phi) is 7.56. The topological polar surface area (TPSA) is 88.2 Å². The molecule has 35 heavy (non-hydrogen) atoms. The third kappa shape index (κ3) is 5.92. The Labute approximate surface area is 207 Å². The van der Waals surface area contributed by atoms with Crippen LogP contribution in [0.3, 0.4) is 0 Å². The van der Waals surface area contributed by atoms with Crippen LogP contribution in [0.5, 0.6) is 0 Å². The van der Waals surface area contributed by atoms with E-state index < -0.39 is 0 Å². The molecule has 3 heterocycles. The van der Waals surface area contributed by atoms with Gasteiger partial charge in [0.25, 0.3) is 5.91 Å². The van der Waals surface area contributed by atoms with Gasteiger partial charge in [-0.2, -0.15) is 0 Å². The summed E-state index contributed by atoms with van der Waals surface area (Å²) in [5.74, 6) is 0.857. The number of nitrogens with two attached hydrogens (primary N) is 1. The first-order chi connectivity index (χ1) is 16.8. The van der Waals surface area contributed by atoms with Crippen molar-refractivity contribution < 1.29 is 4.79 Å². The van der Waals surface area contributed by atoms with Crippen molar-refractivity contribution in [1.29, 1.82) is 0 Å². The van der Waals surface area contributed by atoms with Gasteiger partial charge in [0.2, 0.25) is 5.95 Å². The fourth-order valence-corrected chi connectivity index (χ4v) is 4.71. The summed E-state index contributed by atoms with van der Waals surface area (Å²) in [7, 11) is 3.57. The zero-order valence-corrected chi connectivity index (χ0v) is 21.0. The number of hydrogen-bond donors (Lipinski definition) is 1. The van der Waals surface area contributed by atoms with Gasteiger partial charge in [0.05, 0.1) is 0 Å². The average Bonchev–Trinajstić information content (AvgIpc) is 2.86. The number of hydrogen-bond acceptors (Lipinski definition) is 6. The second-order valence-corrected chi connectivity index (χ2v) is 9.55. The molecule has 0 aliphatic carbocycles. The molecule has 1 amide bonds. The number of pyridine rings is 1. The molecular weight excluding hydrogens is 436 g/mol. The van der Waals surface area contributed by atoms with Crippen LogP contribution in [0.1, 0.15) is 52.9 Å². The lowest BCUT2D eigenvalue weighted by atomic mass is 9.88. The molecule has 1 aliphatic heterocycles. The second kappa shape index (κ2) is 10.8. The molecule has 2 aromatic heterocycles. The third-order valence-electron chi connectivity index (χ3n) is 6.66. The number of carbonyl (C=O) groups is 1. The summed E-state index contributed by atoms with van der Waals surface area (Å²) in [5, 5.41) is 0. The summed E-state index contributed by atoms with van der Waals surface area (Å²) in [4.78, 5) is 29.1. The van der Waals surface area contributed by atoms with Crippen molar-refractivity contribution in [3.8, 4) is 11.1 Å². The van der Waals surface area contributed by atoms with Gasteiger partial charge in [0.1, 0.15) is 0 Å². The van der Waals surface area contributed by atoms with Crippen LogP contribution < -0.4 is 5.73 Å². The fourth-order valence-electron chi connectivity index (χ4n) is 4.71. The van der Waals surface area contributed by atoms with Gasteiger partial charge in [-0.1, -0.05) is 23.8 Å². The summed E-state index contributed by atoms with van der Waals surface area (Å²) >= 11 is 0. The van der Waals surface area contributed by atoms with Crippen LogP contribution in [0.2, 0.25) is 0 Å². The Morgan fingerprint density at radius 3 is 2.37 bits per heavy atom. The maximum absolute atomic E-state index is 12.1. The maximum atomic E-state index is 12.1. The number of aromatic nitrogens is 3. The van der Waals surface area contributed by atoms with Gasteiger partial charge >= 0.3 is 0 Å². The SMILES string of the molecule is C/C(=C\c1c(-c2cnc(N)nc2)ccnc1C)CN1CCC(c2ccc(C(=O)N(C)C)cc2)CC1. The van der Waals surface area contributed by atoms with E-state index in [4.69, 9.17) is 5.73 Å². The van der Waals surface area contributed by atoms with E-state index in [2.05, 4.69) is 45.0 Å². The van der Waals surface area contributed by atoms with E-state index in [1.54, 1.807) is 31.4 Å². The Morgan fingerprint density at radius 1 is 1.09 bits per heavy atom. The molecule has 182 valence electrons. The van der Waals surface area contributed by atoms with Crippen molar-refractivity contribution in [1.82, 2.24) is 24.8 Å². The number of piperidine rings is 1. The highest BCUT2D eigenvalue weighted by atomic mass is 16.2. The van der Waals surface area contributed by atoms with Crippen LogP contribution in [-0.2, 0) is 0 Å². The van der Waals surface area contributed by atoms with Gasteiger partial charge in [-0.25, -0.2) is 9.97 Å². The molecular formula is C28H34N6O. The number of nitrogens with zero attached hydrogens (tertiary/aromatic N) is 5. The third-order valence-corrected chi connectivity index (χ3v) is 6.66. The zero-order chi connectivity index (χ0) is 24.9. The lowest BCUT2D eigenvalue weighted by Crippen LogP contribution is -2.34. The number of anilines is 1. The van der Waals surface area contributed by atoms with Gasteiger partial charge in [-0.05, 0) is 75.0 Å². The molecule has 7 heteroatoms. The summed E-state index contributed by atoms with van der Waals surface area (Å²) in [6.07, 6.45) is 9.82. The van der Waals surface area contributed by atoms with E-state index >= 15 is 0 Å². The minimum Gasteiger partial charge on any atom is -0.368 e. The molecule has 0 bridgehead atoms. The van der Waals surface area contributed by atoms with Gasteiger partial charge in [-0.3, -0.25) is 14.7 Å². The highest BCUT2D eigenvalue weighted by Crippen LogP contribution is 2.30. The predicted molar refractivity (Wildman–Crippen MR) is 141 cm³/mol. The van der Waals surface area contributed by atoms with Gasteiger partial charge < -0.3 is 10.6 Å². The molecule has 1 fully saturated rings. The lowest BCUT2D eigenvalue weighted by molar-refractivity contribution is 0.0827. The van der Waals surface area contributed by atoms with E-state index in [9.17, 15) is 4.79 Å². The maximum Gasteiger partial charge on any atom is 0.253 e. The molecule has 0 radical (unpaired) electrons. The Bertz CT molecular complexity index is 1190. The normalized spacial score (nSPS) is 15.3. The summed E-state index contributed by atoms with van der Waals surface area (Å²) in [5.41, 5.74) is 13.1. The van der Waals surface area contributed by atoms with E-state index in [-0.39, 0.29) is 11.9 Å². The van der Waals surface area contributed by atoms with Gasteiger partial charge in [0, 0.05) is 61.6 Å². The molecule has 0 unspecified atom stereocenters. The van der Waals surface area contributed by atoms with Crippen molar-refractivity contribution in [3.05, 3.63) is 76.9 Å². The first-order valence-electron chi connectivity index (χ1n) is 12.1. The lowest BCUT2D eigenvalue weighted by Gasteiger charge is -2.32. The number of rotatable bonds is 6. The molecule has 0 saturated carbocycles. The van der Waals surface area contributed by atoms with Gasteiger partial charge in [0.15, 0.2) is 0 Å². The van der Waals surface area contributed by atoms with Crippen molar-refractivity contribution in [3.63, 3.8) is 0 Å². The zero-order valence-electron chi connectivity index (χ0n) is 21.0. The molecule has 3 aromatic rings. The molecule has 2 N–H and O–H groups in total. The first-order valence-corrected chi connectivity index (χ1v) is 12.1. The van der Waals surface area contributed by atoms with Crippen LogP contribution >= 0.6 is 0 Å². The smallest absolute Gasteiger partial charge is 0.253 e. The Morgan fingerprint density at radius 2 is 1.74 bits per heavy atom. The van der Waals surface area contributed by atoms with Crippen molar-refractivity contribution in [2.45, 2.75) is 32.6 Å². The van der Waals surface area contributed by atoms with Crippen molar-refractivity contribution in [2.24, 2.45) is 0 Å². The number of amides is 1. The van der Waals surface area contributed by atoms with E-state index in [0.29, 0.717) is 5.92 Å². The van der Waals surface area contributed by atoms with Crippen LogP contribution in [0.25, 0.3) is 17.2 Å². The van der Waals surface area contributed by atoms with Crippen LogP contribution in [-0.4, -0.2) is 64.4 Å². The van der Waals surface area contributed by atoms with Crippen LogP contribution in [0, 0.1) is 6.92 Å². The number of aryl methyl sites for hydroxylation is 1. The summed E-state index contributed by atoms with van der Waals surface area (Å²) < 4.78 is 0. The average molecular weight is 471 g/mol. The van der Waals surface area contributed by atoms with Crippen LogP contribution in [0.15, 0.2) is 54.5 Å². The minimum absolute atomic E-state index is 0.0459. The molecule has 1 saturated heterocycles. The number of nitrogen functional groups attached to an aromatic ring is 1. The Balaban J connectivity index is 1.40. The highest BCUT2D eigenvalue weighted by Gasteiger charge is 2.21. The molecule has 4 rings (SSSR count). The van der Waals surface area contributed by atoms with Crippen LogP contribution in [0.4, 0.5) is 5.95 Å². The first kappa shape index (κ1) is 24.5. The molecule has 7 nitrogen and oxygen atoms in total. The standard InChI is InChI=1S/C28H34N6O/c1-19(15-26-20(2)30-12-9-25(26)24-16-31-28(29)32-17-24)18-34-13-10-22(11-14-34)21-5-7-23(8-6-21)27(35)33(3)4/h5-9,12,15-17,22H,10-11,13-14,18H2,1-4H3,(H2,29,31,32)/b19-15+. The molecule has 1 aromatic carbocycles. The van der Waals surface area contributed by atoms with Gasteiger partial charge in [-0.15, -0.1) is 0 Å². The minimum atomic E-state index is 0.0459. The van der Waals surface area contributed by atoms with E-state index in [0.717, 1.165) is 60.4 Å². The highest BCUT2D eigenvalue weighted by molar-refractivity contribution is 5.93. The fraction of sp³-hybridized carbons (Fsp3) is 0.357. The monoisotopic (exact) mass is 470 g/mol. The van der Waals surface area contributed by atoms with Crippen molar-refractivity contribution in [2.75, 3.05) is 39.5 Å². The van der Waals surface area contributed by atoms with E-state index in [1.165, 1.54) is 11.1 Å². The van der Waals surface area contributed by atoms with E-state index in [1.807, 2.05) is 31.3 Å². The number of carbonyl (C=O) groups excluding carboxylic acids is 1. The molecule has 1 aliphatic rings. The Hall–Kier alpha value is -3.58. The second-order valence-electron chi connectivity index (χ2n) is 9.55. The summed E-state index contributed by atoms with van der Waals surface area (Å²) in [6, 6.07) is 10.2. The molecule has 0 spiro atoms. The largest absolute Gasteiger partial charge is 0.368 e. The predicted octanol–water partition coefficient (Wildman–Crippen LogP) is 4.41. The number of likely N-dealkylation sites (tertiary alicyclic amines) is 1. The summed E-state index contributed by atoms with van der Waals surface area (Å²) in [6.45, 7) is 7.25. The quantitative estimate of drug-likeness (QED) is 0.574.